The number of hydrogen-bond acceptors (Lipinski definition) is 6. The summed E-state index contributed by atoms with van der Waals surface area (Å²) in [5.41, 5.74) is 2.06. The molecule has 3 rings (SSSR count). The first kappa shape index (κ1) is 15.7. The van der Waals surface area contributed by atoms with Gasteiger partial charge in [0.05, 0.1) is 5.69 Å². The third kappa shape index (κ3) is 4.16. The van der Waals surface area contributed by atoms with Gasteiger partial charge in [-0.25, -0.2) is 9.97 Å². The van der Waals surface area contributed by atoms with Crippen molar-refractivity contribution in [2.45, 2.75) is 26.0 Å². The molecule has 0 aromatic carbocycles. The molecule has 0 bridgehead atoms. The minimum Gasteiger partial charge on any atom is -0.489 e. The van der Waals surface area contributed by atoms with Gasteiger partial charge in [0, 0.05) is 51.8 Å². The van der Waals surface area contributed by atoms with Crippen molar-refractivity contribution in [3.63, 3.8) is 0 Å². The number of nitrogens with zero attached hydrogens (tertiary/aromatic N) is 5. The molecule has 6 heteroatoms. The first-order chi connectivity index (χ1) is 11.1. The van der Waals surface area contributed by atoms with Crippen molar-refractivity contribution in [1.82, 2.24) is 19.9 Å². The Labute approximate surface area is 137 Å². The highest BCUT2D eigenvalue weighted by atomic mass is 16.5. The van der Waals surface area contributed by atoms with E-state index in [0.29, 0.717) is 0 Å². The minimum atomic E-state index is 0.230. The molecular weight excluding hydrogens is 290 g/mol. The van der Waals surface area contributed by atoms with E-state index < -0.39 is 0 Å². The summed E-state index contributed by atoms with van der Waals surface area (Å²) in [4.78, 5) is 17.4. The number of pyridine rings is 1. The van der Waals surface area contributed by atoms with Crippen LogP contribution in [-0.4, -0.2) is 53.1 Å². The molecule has 1 aliphatic heterocycles. The molecule has 0 amide bonds. The first-order valence-electron chi connectivity index (χ1n) is 7.91. The van der Waals surface area contributed by atoms with Gasteiger partial charge in [0.2, 0.25) is 5.95 Å². The highest BCUT2D eigenvalue weighted by Gasteiger charge is 2.24. The molecule has 2 aromatic rings. The van der Waals surface area contributed by atoms with Crippen LogP contribution in [0.5, 0.6) is 5.75 Å². The van der Waals surface area contributed by atoms with Crippen LogP contribution < -0.4 is 9.64 Å². The molecule has 1 saturated heterocycles. The number of likely N-dealkylation sites (tertiary alicyclic amines) is 1. The second kappa shape index (κ2) is 6.91. The molecule has 23 heavy (non-hydrogen) atoms. The summed E-state index contributed by atoms with van der Waals surface area (Å²) >= 11 is 0. The lowest BCUT2D eigenvalue weighted by Crippen LogP contribution is -2.25. The third-order valence-corrected chi connectivity index (χ3v) is 3.86. The van der Waals surface area contributed by atoms with Crippen molar-refractivity contribution in [3.05, 3.63) is 42.0 Å². The fourth-order valence-electron chi connectivity index (χ4n) is 2.77. The number of aromatic nitrogens is 3. The summed E-state index contributed by atoms with van der Waals surface area (Å²) in [6.45, 7) is 4.79. The van der Waals surface area contributed by atoms with Crippen LogP contribution in [0.25, 0.3) is 0 Å². The molecule has 0 spiro atoms. The van der Waals surface area contributed by atoms with Crippen LogP contribution in [0, 0.1) is 6.92 Å². The lowest BCUT2D eigenvalue weighted by atomic mass is 10.3. The third-order valence-electron chi connectivity index (χ3n) is 3.86. The van der Waals surface area contributed by atoms with Gasteiger partial charge in [-0.1, -0.05) is 0 Å². The largest absolute Gasteiger partial charge is 0.489 e. The monoisotopic (exact) mass is 313 g/mol. The topological polar surface area (TPSA) is 54.4 Å². The van der Waals surface area contributed by atoms with E-state index in [4.69, 9.17) is 4.74 Å². The van der Waals surface area contributed by atoms with Gasteiger partial charge in [-0.3, -0.25) is 9.88 Å². The first-order valence-corrected chi connectivity index (χ1v) is 7.91. The fourth-order valence-corrected chi connectivity index (χ4v) is 2.77. The van der Waals surface area contributed by atoms with Crippen molar-refractivity contribution < 1.29 is 4.74 Å². The smallest absolute Gasteiger partial charge is 0.225 e. The van der Waals surface area contributed by atoms with Gasteiger partial charge in [-0.15, -0.1) is 0 Å². The van der Waals surface area contributed by atoms with Crippen LogP contribution in [0.1, 0.15) is 17.8 Å². The van der Waals surface area contributed by atoms with Crippen molar-refractivity contribution in [3.8, 4) is 5.75 Å². The van der Waals surface area contributed by atoms with Gasteiger partial charge in [-0.2, -0.15) is 0 Å². The van der Waals surface area contributed by atoms with Crippen molar-refractivity contribution in [2.75, 3.05) is 32.1 Å². The van der Waals surface area contributed by atoms with Crippen LogP contribution in [0.2, 0.25) is 0 Å². The standard InChI is InChI=1S/C17H23N5O/c1-13-10-14(20-17(19-13)21(2)3)11-22-9-6-16(12-22)23-15-4-7-18-8-5-15/h4-5,7-8,10,16H,6,9,11-12H2,1-3H3. The zero-order valence-electron chi connectivity index (χ0n) is 13.9. The molecule has 1 unspecified atom stereocenters. The predicted molar refractivity (Wildman–Crippen MR) is 89.6 cm³/mol. The normalized spacial score (nSPS) is 18.1. The summed E-state index contributed by atoms with van der Waals surface area (Å²) < 4.78 is 6.01. The maximum atomic E-state index is 6.01. The molecule has 1 fully saturated rings. The molecule has 1 atom stereocenters. The van der Waals surface area contributed by atoms with E-state index in [1.54, 1.807) is 12.4 Å². The van der Waals surface area contributed by atoms with E-state index >= 15 is 0 Å². The highest BCUT2D eigenvalue weighted by molar-refractivity contribution is 5.29. The van der Waals surface area contributed by atoms with E-state index in [9.17, 15) is 0 Å². The van der Waals surface area contributed by atoms with Crippen molar-refractivity contribution in [1.29, 1.82) is 0 Å². The predicted octanol–water partition coefficient (Wildman–Crippen LogP) is 1.90. The molecule has 0 aliphatic carbocycles. The van der Waals surface area contributed by atoms with Crippen LogP contribution in [-0.2, 0) is 6.54 Å². The van der Waals surface area contributed by atoms with E-state index in [0.717, 1.165) is 49.1 Å². The van der Waals surface area contributed by atoms with Crippen molar-refractivity contribution >= 4 is 5.95 Å². The molecule has 1 aliphatic rings. The average Bonchev–Trinajstić information content (AvgIpc) is 2.94. The molecule has 6 nitrogen and oxygen atoms in total. The number of hydrogen-bond donors (Lipinski definition) is 0. The lowest BCUT2D eigenvalue weighted by Gasteiger charge is -2.18. The maximum absolute atomic E-state index is 6.01. The van der Waals surface area contributed by atoms with Gasteiger partial charge >= 0.3 is 0 Å². The Morgan fingerprint density at radius 2 is 2.04 bits per heavy atom. The van der Waals surface area contributed by atoms with Crippen LogP contribution in [0.3, 0.4) is 0 Å². The maximum Gasteiger partial charge on any atom is 0.225 e. The lowest BCUT2D eigenvalue weighted by molar-refractivity contribution is 0.197. The van der Waals surface area contributed by atoms with Crippen LogP contribution >= 0.6 is 0 Å². The number of rotatable bonds is 5. The molecule has 0 N–H and O–H groups in total. The Morgan fingerprint density at radius 3 is 2.78 bits per heavy atom. The van der Waals surface area contributed by atoms with Gasteiger partial charge in [-0.05, 0) is 31.5 Å². The van der Waals surface area contributed by atoms with E-state index in [1.807, 2.05) is 38.1 Å². The summed E-state index contributed by atoms with van der Waals surface area (Å²) in [6.07, 6.45) is 4.78. The van der Waals surface area contributed by atoms with Gasteiger partial charge in [0.1, 0.15) is 11.9 Å². The molecule has 0 saturated carbocycles. The zero-order chi connectivity index (χ0) is 16.2. The van der Waals surface area contributed by atoms with E-state index in [2.05, 4.69) is 25.9 Å². The summed E-state index contributed by atoms with van der Waals surface area (Å²) in [5, 5.41) is 0. The van der Waals surface area contributed by atoms with Gasteiger partial charge < -0.3 is 9.64 Å². The van der Waals surface area contributed by atoms with E-state index in [1.165, 1.54) is 0 Å². The van der Waals surface area contributed by atoms with Crippen molar-refractivity contribution in [2.24, 2.45) is 0 Å². The number of aryl methyl sites for hydroxylation is 1. The Bertz CT molecular complexity index is 647. The fraction of sp³-hybridized carbons (Fsp3) is 0.471. The number of ether oxygens (including phenoxy) is 1. The quantitative estimate of drug-likeness (QED) is 0.840. The SMILES string of the molecule is Cc1cc(CN2CCC(Oc3ccncc3)C2)nc(N(C)C)n1. The Hall–Kier alpha value is -2.21. The molecule has 122 valence electrons. The Balaban J connectivity index is 1.60. The Morgan fingerprint density at radius 1 is 1.26 bits per heavy atom. The minimum absolute atomic E-state index is 0.230. The molecule has 3 heterocycles. The second-order valence-electron chi connectivity index (χ2n) is 6.14. The Kier molecular flexibility index (Phi) is 4.71. The van der Waals surface area contributed by atoms with Gasteiger partial charge in [0.25, 0.3) is 0 Å². The molecule has 0 radical (unpaired) electrons. The summed E-state index contributed by atoms with van der Waals surface area (Å²) in [5.74, 6) is 1.66. The summed E-state index contributed by atoms with van der Waals surface area (Å²) in [6, 6.07) is 5.86. The van der Waals surface area contributed by atoms with Crippen LogP contribution in [0.4, 0.5) is 5.95 Å². The summed E-state index contributed by atoms with van der Waals surface area (Å²) in [7, 11) is 3.93. The number of anilines is 1. The zero-order valence-corrected chi connectivity index (χ0v) is 13.9. The average molecular weight is 313 g/mol. The highest BCUT2D eigenvalue weighted by Crippen LogP contribution is 2.19. The van der Waals surface area contributed by atoms with E-state index in [-0.39, 0.29) is 6.10 Å². The molecular formula is C17H23N5O. The van der Waals surface area contributed by atoms with Crippen LogP contribution in [0.15, 0.2) is 30.6 Å². The second-order valence-corrected chi connectivity index (χ2v) is 6.14. The van der Waals surface area contributed by atoms with Gasteiger partial charge in [0.15, 0.2) is 0 Å². The molecule has 2 aromatic heterocycles.